The van der Waals surface area contributed by atoms with Crippen molar-refractivity contribution in [2.75, 3.05) is 6.61 Å². The first-order valence-electron chi connectivity index (χ1n) is 9.18. The summed E-state index contributed by atoms with van der Waals surface area (Å²) in [5.74, 6) is 0.766. The SMILES string of the molecule is Cc1cc(-c2nc(-c3ccc(OCC(F)(F)F)cc3)no2)cn1Cc1ccc(Cl)nc1. The van der Waals surface area contributed by atoms with Crippen molar-refractivity contribution >= 4 is 11.6 Å². The monoisotopic (exact) mass is 448 g/mol. The number of hydrogen-bond acceptors (Lipinski definition) is 5. The van der Waals surface area contributed by atoms with Crippen molar-refractivity contribution in [2.24, 2.45) is 0 Å². The van der Waals surface area contributed by atoms with E-state index in [4.69, 9.17) is 20.9 Å². The molecule has 0 N–H and O–H groups in total. The van der Waals surface area contributed by atoms with Gasteiger partial charge in [0.05, 0.1) is 5.56 Å². The number of alkyl halides is 3. The lowest BCUT2D eigenvalue weighted by Gasteiger charge is -2.08. The molecule has 0 radical (unpaired) electrons. The van der Waals surface area contributed by atoms with Crippen molar-refractivity contribution in [3.8, 4) is 28.6 Å². The highest BCUT2D eigenvalue weighted by molar-refractivity contribution is 6.29. The molecule has 0 spiro atoms. The zero-order valence-corrected chi connectivity index (χ0v) is 17.0. The van der Waals surface area contributed by atoms with E-state index >= 15 is 0 Å². The Morgan fingerprint density at radius 1 is 1.10 bits per heavy atom. The molecule has 1 aromatic carbocycles. The summed E-state index contributed by atoms with van der Waals surface area (Å²) < 4.78 is 48.9. The second-order valence-corrected chi connectivity index (χ2v) is 7.23. The molecule has 0 unspecified atom stereocenters. The predicted octanol–water partition coefficient (Wildman–Crippen LogP) is 5.55. The van der Waals surface area contributed by atoms with Crippen molar-refractivity contribution in [2.45, 2.75) is 19.6 Å². The van der Waals surface area contributed by atoms with Crippen molar-refractivity contribution in [1.29, 1.82) is 0 Å². The minimum atomic E-state index is -4.39. The van der Waals surface area contributed by atoms with Crippen LogP contribution in [0.3, 0.4) is 0 Å². The van der Waals surface area contributed by atoms with Crippen LogP contribution in [-0.4, -0.2) is 32.5 Å². The van der Waals surface area contributed by atoms with E-state index in [0.29, 0.717) is 29.0 Å². The third-order valence-corrected chi connectivity index (χ3v) is 4.67. The van der Waals surface area contributed by atoms with Gasteiger partial charge in [0, 0.05) is 30.2 Å². The van der Waals surface area contributed by atoms with Crippen LogP contribution in [0, 0.1) is 6.92 Å². The third kappa shape index (κ3) is 5.24. The molecule has 3 aromatic heterocycles. The normalized spacial score (nSPS) is 11.6. The minimum absolute atomic E-state index is 0.106. The van der Waals surface area contributed by atoms with E-state index in [-0.39, 0.29) is 5.75 Å². The predicted molar refractivity (Wildman–Crippen MR) is 108 cm³/mol. The average Bonchev–Trinajstić information content (AvgIpc) is 3.35. The quantitative estimate of drug-likeness (QED) is 0.362. The molecule has 0 fully saturated rings. The van der Waals surface area contributed by atoms with Crippen molar-refractivity contribution in [1.82, 2.24) is 19.7 Å². The fourth-order valence-electron chi connectivity index (χ4n) is 2.92. The number of aryl methyl sites for hydroxylation is 1. The molecule has 3 heterocycles. The number of nitrogens with zero attached hydrogens (tertiary/aromatic N) is 4. The van der Waals surface area contributed by atoms with E-state index in [1.165, 1.54) is 12.1 Å². The number of rotatable bonds is 6. The zero-order valence-electron chi connectivity index (χ0n) is 16.2. The summed E-state index contributed by atoms with van der Waals surface area (Å²) in [6.07, 6.45) is -0.774. The highest BCUT2D eigenvalue weighted by Gasteiger charge is 2.28. The molecule has 0 aliphatic rings. The highest BCUT2D eigenvalue weighted by Crippen LogP contribution is 2.26. The van der Waals surface area contributed by atoms with E-state index < -0.39 is 12.8 Å². The van der Waals surface area contributed by atoms with E-state index in [2.05, 4.69) is 15.1 Å². The summed E-state index contributed by atoms with van der Waals surface area (Å²) in [6, 6.07) is 11.6. The van der Waals surface area contributed by atoms with Crippen molar-refractivity contribution in [3.05, 3.63) is 71.3 Å². The Morgan fingerprint density at radius 2 is 1.87 bits per heavy atom. The van der Waals surface area contributed by atoms with Crippen LogP contribution in [0.15, 0.2) is 59.4 Å². The second-order valence-electron chi connectivity index (χ2n) is 6.84. The van der Waals surface area contributed by atoms with Gasteiger partial charge in [0.25, 0.3) is 5.89 Å². The fourth-order valence-corrected chi connectivity index (χ4v) is 3.03. The molecular formula is C21H16ClF3N4O2. The Morgan fingerprint density at radius 3 is 2.55 bits per heavy atom. The van der Waals surface area contributed by atoms with Gasteiger partial charge in [-0.1, -0.05) is 22.8 Å². The van der Waals surface area contributed by atoms with Crippen LogP contribution in [0.1, 0.15) is 11.3 Å². The molecule has 4 rings (SSSR count). The Kier molecular flexibility index (Phi) is 5.69. The van der Waals surface area contributed by atoms with Gasteiger partial charge < -0.3 is 13.8 Å². The molecular weight excluding hydrogens is 433 g/mol. The fraction of sp³-hybridized carbons (Fsp3) is 0.190. The lowest BCUT2D eigenvalue weighted by Crippen LogP contribution is -2.19. The molecule has 4 aromatic rings. The number of pyridine rings is 1. The molecule has 0 saturated heterocycles. The molecule has 0 atom stereocenters. The number of benzene rings is 1. The summed E-state index contributed by atoms with van der Waals surface area (Å²) in [5.41, 5.74) is 3.34. The number of hydrogen-bond donors (Lipinski definition) is 0. The van der Waals surface area contributed by atoms with E-state index in [9.17, 15) is 13.2 Å². The summed E-state index contributed by atoms with van der Waals surface area (Å²) in [7, 11) is 0. The first-order valence-corrected chi connectivity index (χ1v) is 9.56. The first-order chi connectivity index (χ1) is 14.8. The van der Waals surface area contributed by atoms with E-state index in [0.717, 1.165) is 16.8 Å². The third-order valence-electron chi connectivity index (χ3n) is 4.44. The molecule has 0 aliphatic carbocycles. The summed E-state index contributed by atoms with van der Waals surface area (Å²) >= 11 is 5.83. The Balaban J connectivity index is 1.48. The van der Waals surface area contributed by atoms with Gasteiger partial charge in [-0.25, -0.2) is 4.98 Å². The summed E-state index contributed by atoms with van der Waals surface area (Å²) in [6.45, 7) is 1.22. The molecule has 0 amide bonds. The van der Waals surface area contributed by atoms with Gasteiger partial charge in [0.1, 0.15) is 10.9 Å². The van der Waals surface area contributed by atoms with Crippen LogP contribution in [0.25, 0.3) is 22.8 Å². The van der Waals surface area contributed by atoms with Gasteiger partial charge in [-0.2, -0.15) is 18.2 Å². The second kappa shape index (κ2) is 8.43. The highest BCUT2D eigenvalue weighted by atomic mass is 35.5. The largest absolute Gasteiger partial charge is 0.484 e. The number of aromatic nitrogens is 4. The molecule has 6 nitrogen and oxygen atoms in total. The van der Waals surface area contributed by atoms with E-state index in [1.54, 1.807) is 24.4 Å². The first kappa shape index (κ1) is 20.9. The summed E-state index contributed by atoms with van der Waals surface area (Å²) in [5, 5.41) is 4.41. The topological polar surface area (TPSA) is 66.0 Å². The Labute approximate surface area is 180 Å². The van der Waals surface area contributed by atoms with Gasteiger partial charge in [0.15, 0.2) is 6.61 Å². The van der Waals surface area contributed by atoms with Gasteiger partial charge in [-0.05, 0) is 48.9 Å². The molecule has 0 saturated carbocycles. The van der Waals surface area contributed by atoms with Gasteiger partial charge in [-0.15, -0.1) is 0 Å². The van der Waals surface area contributed by atoms with E-state index in [1.807, 2.05) is 29.8 Å². The molecule has 31 heavy (non-hydrogen) atoms. The van der Waals surface area contributed by atoms with Crippen LogP contribution in [0.2, 0.25) is 5.15 Å². The van der Waals surface area contributed by atoms with Crippen molar-refractivity contribution < 1.29 is 22.4 Å². The Hall–Kier alpha value is -3.33. The number of ether oxygens (including phenoxy) is 1. The maximum atomic E-state index is 12.3. The number of halogens is 4. The van der Waals surface area contributed by atoms with Crippen LogP contribution in [-0.2, 0) is 6.54 Å². The standard InChI is InChI=1S/C21H16ClF3N4O2/c1-13-8-16(11-29(13)10-14-2-7-18(22)26-9-14)20-27-19(28-31-20)15-3-5-17(6-4-15)30-12-21(23,24)25/h2-9,11H,10,12H2,1H3. The maximum Gasteiger partial charge on any atom is 0.422 e. The van der Waals surface area contributed by atoms with Crippen LogP contribution in [0.5, 0.6) is 5.75 Å². The van der Waals surface area contributed by atoms with Gasteiger partial charge >= 0.3 is 6.18 Å². The van der Waals surface area contributed by atoms with Gasteiger partial charge in [-0.3, -0.25) is 0 Å². The molecule has 160 valence electrons. The minimum Gasteiger partial charge on any atom is -0.484 e. The smallest absolute Gasteiger partial charge is 0.422 e. The lowest BCUT2D eigenvalue weighted by molar-refractivity contribution is -0.153. The molecule has 0 aliphatic heterocycles. The van der Waals surface area contributed by atoms with Crippen LogP contribution >= 0.6 is 11.6 Å². The zero-order chi connectivity index (χ0) is 22.0. The molecule has 0 bridgehead atoms. The molecule has 10 heteroatoms. The maximum absolute atomic E-state index is 12.3. The Bertz CT molecular complexity index is 1170. The van der Waals surface area contributed by atoms with Crippen molar-refractivity contribution in [3.63, 3.8) is 0 Å². The average molecular weight is 449 g/mol. The van der Waals surface area contributed by atoms with Crippen LogP contribution in [0.4, 0.5) is 13.2 Å². The summed E-state index contributed by atoms with van der Waals surface area (Å²) in [4.78, 5) is 8.48. The van der Waals surface area contributed by atoms with Crippen LogP contribution < -0.4 is 4.74 Å². The van der Waals surface area contributed by atoms with Gasteiger partial charge in [0.2, 0.25) is 5.82 Å². The lowest BCUT2D eigenvalue weighted by atomic mass is 10.2.